The van der Waals surface area contributed by atoms with E-state index in [0.29, 0.717) is 24.8 Å². The van der Waals surface area contributed by atoms with Gasteiger partial charge in [-0.2, -0.15) is 0 Å². The third kappa shape index (κ3) is 4.35. The maximum atomic E-state index is 10.1. The Morgan fingerprint density at radius 2 is 2.10 bits per heavy atom. The highest BCUT2D eigenvalue weighted by molar-refractivity contribution is 6.30. The number of halogens is 1. The molecule has 0 aliphatic carbocycles. The molecule has 1 aromatic rings. The van der Waals surface area contributed by atoms with E-state index in [2.05, 4.69) is 18.7 Å². The van der Waals surface area contributed by atoms with Gasteiger partial charge in [0.15, 0.2) is 0 Å². The van der Waals surface area contributed by atoms with Gasteiger partial charge in [0.05, 0.1) is 13.2 Å². The van der Waals surface area contributed by atoms with Crippen LogP contribution in [-0.2, 0) is 4.74 Å². The fourth-order valence-corrected chi connectivity index (χ4v) is 2.39. The van der Waals surface area contributed by atoms with Crippen molar-refractivity contribution in [1.82, 2.24) is 4.90 Å². The van der Waals surface area contributed by atoms with Crippen molar-refractivity contribution in [3.05, 3.63) is 29.3 Å². The Morgan fingerprint density at radius 3 is 2.75 bits per heavy atom. The van der Waals surface area contributed by atoms with E-state index in [9.17, 15) is 5.11 Å². The molecule has 0 amide bonds. The second-order valence-corrected chi connectivity index (χ2v) is 6.17. The number of benzene rings is 1. The molecule has 1 aliphatic heterocycles. The standard InChI is InChI=1S/C15H22ClNO3/c1-15(2)11-19-8-7-17(15)9-13(18)10-20-14-5-3-12(16)4-6-14/h3-6,13,18H,7-11H2,1-2H3. The van der Waals surface area contributed by atoms with E-state index in [4.69, 9.17) is 21.1 Å². The molecule has 0 saturated carbocycles. The molecule has 5 heteroatoms. The Morgan fingerprint density at radius 1 is 1.40 bits per heavy atom. The first-order chi connectivity index (χ1) is 9.47. The van der Waals surface area contributed by atoms with E-state index in [1.54, 1.807) is 24.3 Å². The molecule has 0 aromatic heterocycles. The van der Waals surface area contributed by atoms with Gasteiger partial charge in [0.2, 0.25) is 0 Å². The first-order valence-electron chi connectivity index (χ1n) is 6.86. The van der Waals surface area contributed by atoms with Crippen molar-refractivity contribution in [1.29, 1.82) is 0 Å². The third-order valence-corrected chi connectivity index (χ3v) is 3.76. The molecule has 0 radical (unpaired) electrons. The topological polar surface area (TPSA) is 41.9 Å². The molecule has 0 spiro atoms. The average Bonchev–Trinajstić information content (AvgIpc) is 2.40. The summed E-state index contributed by atoms with van der Waals surface area (Å²) in [5, 5.41) is 10.8. The SMILES string of the molecule is CC1(C)COCCN1CC(O)COc1ccc(Cl)cc1. The minimum absolute atomic E-state index is 0.0422. The van der Waals surface area contributed by atoms with E-state index in [-0.39, 0.29) is 12.1 Å². The molecule has 2 rings (SSSR count). The normalized spacial score (nSPS) is 20.6. The van der Waals surface area contributed by atoms with Crippen molar-refractivity contribution >= 4 is 11.6 Å². The number of hydrogen-bond acceptors (Lipinski definition) is 4. The predicted octanol–water partition coefficient (Wildman–Crippen LogP) is 2.19. The zero-order chi connectivity index (χ0) is 14.6. The van der Waals surface area contributed by atoms with Crippen molar-refractivity contribution in [3.8, 4) is 5.75 Å². The number of rotatable bonds is 5. The number of aliphatic hydroxyl groups excluding tert-OH is 1. The number of β-amino-alcohol motifs (C(OH)–C–C–N with tert-alkyl or cyclic N) is 1. The first kappa shape index (κ1) is 15.6. The second-order valence-electron chi connectivity index (χ2n) is 5.73. The zero-order valence-corrected chi connectivity index (χ0v) is 12.8. The first-order valence-corrected chi connectivity index (χ1v) is 7.24. The van der Waals surface area contributed by atoms with Crippen LogP contribution in [0.2, 0.25) is 5.02 Å². The molecule has 1 aromatic carbocycles. The summed E-state index contributed by atoms with van der Waals surface area (Å²) in [6.07, 6.45) is -0.525. The highest BCUT2D eigenvalue weighted by Crippen LogP contribution is 2.20. The molecule has 1 unspecified atom stereocenters. The molecule has 1 N–H and O–H groups in total. The smallest absolute Gasteiger partial charge is 0.119 e. The van der Waals surface area contributed by atoms with E-state index in [1.807, 2.05) is 0 Å². The van der Waals surface area contributed by atoms with Crippen LogP contribution in [0.1, 0.15) is 13.8 Å². The molecule has 112 valence electrons. The van der Waals surface area contributed by atoms with Crippen LogP contribution in [0, 0.1) is 0 Å². The van der Waals surface area contributed by atoms with Gasteiger partial charge in [0, 0.05) is 23.7 Å². The van der Waals surface area contributed by atoms with E-state index in [0.717, 1.165) is 12.3 Å². The van der Waals surface area contributed by atoms with Crippen LogP contribution in [0.4, 0.5) is 0 Å². The van der Waals surface area contributed by atoms with Crippen LogP contribution in [0.15, 0.2) is 24.3 Å². The van der Waals surface area contributed by atoms with Gasteiger partial charge < -0.3 is 14.6 Å². The summed E-state index contributed by atoms with van der Waals surface area (Å²) in [4.78, 5) is 2.24. The second kappa shape index (κ2) is 6.76. The number of morpholine rings is 1. The van der Waals surface area contributed by atoms with Crippen LogP contribution in [0.5, 0.6) is 5.75 Å². The third-order valence-electron chi connectivity index (χ3n) is 3.50. The Kier molecular flexibility index (Phi) is 5.27. The zero-order valence-electron chi connectivity index (χ0n) is 12.0. The highest BCUT2D eigenvalue weighted by atomic mass is 35.5. The minimum Gasteiger partial charge on any atom is -0.491 e. The van der Waals surface area contributed by atoms with Crippen LogP contribution < -0.4 is 4.74 Å². The molecule has 1 aliphatic rings. The average molecular weight is 300 g/mol. The van der Waals surface area contributed by atoms with Crippen molar-refractivity contribution < 1.29 is 14.6 Å². The maximum absolute atomic E-state index is 10.1. The van der Waals surface area contributed by atoms with Crippen molar-refractivity contribution in [2.75, 3.05) is 32.9 Å². The molecule has 1 fully saturated rings. The summed E-state index contributed by atoms with van der Waals surface area (Å²) in [5.41, 5.74) is -0.0422. The highest BCUT2D eigenvalue weighted by Gasteiger charge is 2.31. The van der Waals surface area contributed by atoms with Crippen LogP contribution in [-0.4, -0.2) is 54.6 Å². The number of ether oxygens (including phenoxy) is 2. The van der Waals surface area contributed by atoms with E-state index >= 15 is 0 Å². The Labute approximate surface area is 125 Å². The van der Waals surface area contributed by atoms with Gasteiger partial charge in [0.25, 0.3) is 0 Å². The number of nitrogens with zero attached hydrogens (tertiary/aromatic N) is 1. The molecule has 20 heavy (non-hydrogen) atoms. The number of aliphatic hydroxyl groups is 1. The molecular formula is C15H22ClNO3. The lowest BCUT2D eigenvalue weighted by Gasteiger charge is -2.42. The lowest BCUT2D eigenvalue weighted by molar-refractivity contribution is -0.0703. The lowest BCUT2D eigenvalue weighted by Crippen LogP contribution is -2.55. The Hall–Kier alpha value is -0.810. The summed E-state index contributed by atoms with van der Waals surface area (Å²) in [7, 11) is 0. The van der Waals surface area contributed by atoms with Crippen molar-refractivity contribution in [2.24, 2.45) is 0 Å². The monoisotopic (exact) mass is 299 g/mol. The molecule has 1 atom stereocenters. The molecule has 1 heterocycles. The molecule has 0 bridgehead atoms. The summed E-state index contributed by atoms with van der Waals surface area (Å²) < 4.78 is 11.0. The van der Waals surface area contributed by atoms with Crippen LogP contribution >= 0.6 is 11.6 Å². The predicted molar refractivity (Wildman–Crippen MR) is 79.4 cm³/mol. The molecular weight excluding hydrogens is 278 g/mol. The summed E-state index contributed by atoms with van der Waals surface area (Å²) in [6, 6.07) is 7.14. The van der Waals surface area contributed by atoms with Gasteiger partial charge in [-0.1, -0.05) is 11.6 Å². The summed E-state index contributed by atoms with van der Waals surface area (Å²) in [5.74, 6) is 0.717. The fourth-order valence-electron chi connectivity index (χ4n) is 2.26. The van der Waals surface area contributed by atoms with Crippen LogP contribution in [0.3, 0.4) is 0 Å². The van der Waals surface area contributed by atoms with Crippen molar-refractivity contribution in [2.45, 2.75) is 25.5 Å². The van der Waals surface area contributed by atoms with Gasteiger partial charge in [0.1, 0.15) is 18.5 Å². The van der Waals surface area contributed by atoms with Gasteiger partial charge in [-0.3, -0.25) is 4.90 Å². The Bertz CT molecular complexity index is 422. The summed E-state index contributed by atoms with van der Waals surface area (Å²) >= 11 is 5.81. The van der Waals surface area contributed by atoms with Crippen molar-refractivity contribution in [3.63, 3.8) is 0 Å². The maximum Gasteiger partial charge on any atom is 0.119 e. The minimum atomic E-state index is -0.525. The molecule has 4 nitrogen and oxygen atoms in total. The quantitative estimate of drug-likeness (QED) is 0.905. The number of hydrogen-bond donors (Lipinski definition) is 1. The summed E-state index contributed by atoms with van der Waals surface area (Å²) in [6.45, 7) is 7.36. The van der Waals surface area contributed by atoms with Gasteiger partial charge in [-0.15, -0.1) is 0 Å². The van der Waals surface area contributed by atoms with Gasteiger partial charge in [-0.05, 0) is 38.1 Å². The van der Waals surface area contributed by atoms with E-state index in [1.165, 1.54) is 0 Å². The van der Waals surface area contributed by atoms with Gasteiger partial charge in [-0.25, -0.2) is 0 Å². The van der Waals surface area contributed by atoms with E-state index < -0.39 is 6.10 Å². The van der Waals surface area contributed by atoms with Crippen LogP contribution in [0.25, 0.3) is 0 Å². The largest absolute Gasteiger partial charge is 0.491 e. The molecule has 1 saturated heterocycles. The lowest BCUT2D eigenvalue weighted by atomic mass is 10.0. The fraction of sp³-hybridized carbons (Fsp3) is 0.600. The Balaban J connectivity index is 1.80. The van der Waals surface area contributed by atoms with Gasteiger partial charge >= 0.3 is 0 Å².